The van der Waals surface area contributed by atoms with Gasteiger partial charge in [-0.1, -0.05) is 146 Å². The zero-order chi connectivity index (χ0) is 39.8. The molecule has 0 amide bonds. The minimum absolute atomic E-state index is 0.315. The zero-order valence-electron chi connectivity index (χ0n) is 31.3. The Labute approximate surface area is 335 Å². The minimum atomic E-state index is -0.315. The van der Waals surface area contributed by atoms with Crippen LogP contribution in [0, 0.1) is 23.3 Å². The first-order valence-electron chi connectivity index (χ1n) is 18.9. The van der Waals surface area contributed by atoms with Gasteiger partial charge in [0.25, 0.3) is 0 Å². The van der Waals surface area contributed by atoms with Crippen molar-refractivity contribution >= 4 is 58.4 Å². The van der Waals surface area contributed by atoms with Crippen LogP contribution in [-0.2, 0) is 0 Å². The Morgan fingerprint density at radius 1 is 0.293 bits per heavy atom. The molecule has 0 fully saturated rings. The fourth-order valence-corrected chi connectivity index (χ4v) is 6.86. The van der Waals surface area contributed by atoms with E-state index in [0.29, 0.717) is 0 Å². The van der Waals surface area contributed by atoms with Crippen LogP contribution in [0.3, 0.4) is 0 Å². The van der Waals surface area contributed by atoms with Gasteiger partial charge in [-0.3, -0.25) is 0 Å². The van der Waals surface area contributed by atoms with Gasteiger partial charge in [0.2, 0.25) is 0 Å². The van der Waals surface area contributed by atoms with E-state index in [1.54, 1.807) is 48.5 Å². The summed E-state index contributed by atoms with van der Waals surface area (Å²) in [6.07, 6.45) is 12.5. The topological polar surface area (TPSA) is 0 Å². The lowest BCUT2D eigenvalue weighted by Gasteiger charge is -2.10. The van der Waals surface area contributed by atoms with E-state index in [1.807, 2.05) is 48.6 Å². The molecule has 0 bridgehead atoms. The molecular formula is C54H36F4. The van der Waals surface area contributed by atoms with Crippen LogP contribution >= 0.6 is 0 Å². The highest BCUT2D eigenvalue weighted by Gasteiger charge is 2.09. The number of fused-ring (bicyclic) bond motifs is 1. The molecule has 0 unspecified atom stereocenters. The Balaban J connectivity index is 1.05. The van der Waals surface area contributed by atoms with Crippen LogP contribution in [0.2, 0.25) is 0 Å². The molecule has 0 heterocycles. The molecule has 8 rings (SSSR count). The molecule has 0 aliphatic heterocycles. The molecule has 8 aromatic rings. The van der Waals surface area contributed by atoms with E-state index < -0.39 is 0 Å². The molecule has 0 saturated carbocycles. The van der Waals surface area contributed by atoms with Crippen molar-refractivity contribution in [2.45, 2.75) is 0 Å². The summed E-state index contributed by atoms with van der Waals surface area (Å²) < 4.78 is 55.0. The van der Waals surface area contributed by atoms with Crippen molar-refractivity contribution in [1.29, 1.82) is 0 Å². The van der Waals surface area contributed by atoms with Gasteiger partial charge in [0.1, 0.15) is 23.3 Å². The van der Waals surface area contributed by atoms with Crippen molar-refractivity contribution in [2.75, 3.05) is 0 Å². The van der Waals surface area contributed by atoms with E-state index in [9.17, 15) is 17.6 Å². The Morgan fingerprint density at radius 3 is 0.862 bits per heavy atom. The van der Waals surface area contributed by atoms with Gasteiger partial charge in [0.05, 0.1) is 0 Å². The molecule has 0 saturated heterocycles. The van der Waals surface area contributed by atoms with Crippen LogP contribution in [-0.4, -0.2) is 0 Å². The van der Waals surface area contributed by atoms with Gasteiger partial charge in [-0.05, 0) is 150 Å². The summed E-state index contributed by atoms with van der Waals surface area (Å²) in [4.78, 5) is 0. The molecule has 0 N–H and O–H groups in total. The monoisotopic (exact) mass is 760 g/mol. The maximum Gasteiger partial charge on any atom is 0.123 e. The summed E-state index contributed by atoms with van der Waals surface area (Å²) in [7, 11) is 0. The number of rotatable bonds is 10. The first-order valence-corrected chi connectivity index (χ1v) is 18.9. The molecule has 0 aliphatic rings. The van der Waals surface area contributed by atoms with E-state index in [1.165, 1.54) is 48.5 Å². The van der Waals surface area contributed by atoms with Gasteiger partial charge >= 0.3 is 0 Å². The summed E-state index contributed by atoms with van der Waals surface area (Å²) in [5.41, 5.74) is 11.1. The maximum absolute atomic E-state index is 13.8. The smallest absolute Gasteiger partial charge is 0.123 e. The molecule has 0 aliphatic carbocycles. The molecule has 8 aromatic carbocycles. The molecular weight excluding hydrogens is 725 g/mol. The fourth-order valence-electron chi connectivity index (χ4n) is 6.86. The Kier molecular flexibility index (Phi) is 11.2. The van der Waals surface area contributed by atoms with E-state index in [2.05, 4.69) is 72.8 Å². The zero-order valence-corrected chi connectivity index (χ0v) is 31.3. The number of hydrogen-bond donors (Lipinski definition) is 0. The van der Waals surface area contributed by atoms with Crippen molar-refractivity contribution in [1.82, 2.24) is 0 Å². The molecule has 280 valence electrons. The van der Waals surface area contributed by atoms with Crippen LogP contribution in [0.4, 0.5) is 17.6 Å². The first-order chi connectivity index (χ1) is 28.3. The Bertz CT molecular complexity index is 2500. The van der Waals surface area contributed by atoms with Crippen LogP contribution in [0.5, 0.6) is 0 Å². The molecule has 0 radical (unpaired) electrons. The highest BCUT2D eigenvalue weighted by molar-refractivity contribution is 5.94. The number of hydrogen-bond acceptors (Lipinski definition) is 0. The van der Waals surface area contributed by atoms with Gasteiger partial charge in [-0.2, -0.15) is 0 Å². The summed E-state index contributed by atoms with van der Waals surface area (Å²) in [5, 5.41) is 2.28. The van der Waals surface area contributed by atoms with Crippen molar-refractivity contribution in [2.24, 2.45) is 0 Å². The van der Waals surface area contributed by atoms with Crippen molar-refractivity contribution in [3.8, 4) is 0 Å². The molecule has 58 heavy (non-hydrogen) atoms. The first kappa shape index (κ1) is 37.6. The van der Waals surface area contributed by atoms with Gasteiger partial charge in [-0.15, -0.1) is 0 Å². The molecule has 4 heteroatoms. The van der Waals surface area contributed by atoms with Crippen molar-refractivity contribution in [3.63, 3.8) is 0 Å². The van der Waals surface area contributed by atoms with Crippen LogP contribution in [0.25, 0.3) is 58.4 Å². The second-order valence-electron chi connectivity index (χ2n) is 14.0. The molecule has 0 nitrogen and oxygen atoms in total. The predicted molar refractivity (Wildman–Crippen MR) is 234 cm³/mol. The van der Waals surface area contributed by atoms with Crippen molar-refractivity contribution < 1.29 is 17.6 Å². The lowest BCUT2D eigenvalue weighted by molar-refractivity contribution is 0.627. The molecule has 0 spiro atoms. The summed E-state index contributed by atoms with van der Waals surface area (Å²) in [5.74, 6) is -1.26. The maximum atomic E-state index is 13.8. The summed E-state index contributed by atoms with van der Waals surface area (Å²) in [6, 6.07) is 54.3. The number of benzene rings is 8. The lowest BCUT2D eigenvalue weighted by atomic mass is 9.95. The van der Waals surface area contributed by atoms with Crippen LogP contribution < -0.4 is 0 Å². The average molecular weight is 761 g/mol. The van der Waals surface area contributed by atoms with E-state index >= 15 is 0 Å². The Hall–Kier alpha value is -7.30. The highest BCUT2D eigenvalue weighted by Crippen LogP contribution is 2.30. The van der Waals surface area contributed by atoms with Gasteiger partial charge in [0.15, 0.2) is 0 Å². The third kappa shape index (κ3) is 9.21. The van der Waals surface area contributed by atoms with E-state index in [0.717, 1.165) is 77.6 Å². The van der Waals surface area contributed by atoms with Crippen LogP contribution in [0.1, 0.15) is 55.6 Å². The lowest BCUT2D eigenvalue weighted by Crippen LogP contribution is -1.90. The van der Waals surface area contributed by atoms with Gasteiger partial charge < -0.3 is 0 Å². The van der Waals surface area contributed by atoms with Crippen molar-refractivity contribution in [3.05, 3.63) is 261 Å². The molecule has 0 atom stereocenters. The standard InChI is InChI=1S/C54H36F4/c55-49-25-17-41(18-26-49)53(42-19-27-50(56)28-20-42)33-39-9-5-37(6-10-39)13-15-47-35-45-3-1-2-4-46(45)36-48(47)16-14-38-7-11-40(12-8-38)34-54(43-21-29-51(57)30-22-43)44-23-31-52(58)32-24-44/h1-36H. The summed E-state index contributed by atoms with van der Waals surface area (Å²) >= 11 is 0. The molecule has 0 aromatic heterocycles. The summed E-state index contributed by atoms with van der Waals surface area (Å²) in [6.45, 7) is 0. The second-order valence-corrected chi connectivity index (χ2v) is 14.0. The quantitative estimate of drug-likeness (QED) is 0.0962. The average Bonchev–Trinajstić information content (AvgIpc) is 3.25. The van der Waals surface area contributed by atoms with Gasteiger partial charge in [-0.25, -0.2) is 17.6 Å². The number of halogens is 4. The fraction of sp³-hybridized carbons (Fsp3) is 0. The SMILES string of the molecule is Fc1ccc(C(=Cc2ccc(C=Cc3cc4ccccc4cc3C=Cc3ccc(C=C(c4ccc(F)cc4)c4ccc(F)cc4)cc3)cc2)c2ccc(F)cc2)cc1. The largest absolute Gasteiger partial charge is 0.207 e. The second kappa shape index (κ2) is 17.2. The predicted octanol–water partition coefficient (Wildman–Crippen LogP) is 14.9. The van der Waals surface area contributed by atoms with E-state index in [-0.39, 0.29) is 23.3 Å². The normalized spacial score (nSPS) is 11.3. The third-order valence-corrected chi connectivity index (χ3v) is 9.98. The minimum Gasteiger partial charge on any atom is -0.207 e. The Morgan fingerprint density at radius 2 is 0.569 bits per heavy atom. The van der Waals surface area contributed by atoms with E-state index in [4.69, 9.17) is 0 Å². The third-order valence-electron chi connectivity index (χ3n) is 9.98. The highest BCUT2D eigenvalue weighted by atomic mass is 19.1. The van der Waals surface area contributed by atoms with Crippen LogP contribution in [0.15, 0.2) is 182 Å². The van der Waals surface area contributed by atoms with Gasteiger partial charge in [0, 0.05) is 0 Å².